The molecule has 1 aliphatic rings. The fourth-order valence-corrected chi connectivity index (χ4v) is 3.11. The van der Waals surface area contributed by atoms with E-state index >= 15 is 0 Å². The van der Waals surface area contributed by atoms with Crippen molar-refractivity contribution in [3.05, 3.63) is 28.7 Å². The fourth-order valence-electron chi connectivity index (χ4n) is 2.84. The number of anilines is 1. The normalized spacial score (nSPS) is 16.9. The zero-order valence-corrected chi connectivity index (χ0v) is 12.7. The maximum atomic E-state index is 12.5. The van der Waals surface area contributed by atoms with E-state index in [1.807, 2.05) is 39.8 Å². The molecule has 0 aliphatic carbocycles. The molecule has 1 aliphatic heterocycles. The van der Waals surface area contributed by atoms with Crippen molar-refractivity contribution in [2.24, 2.45) is 0 Å². The summed E-state index contributed by atoms with van der Waals surface area (Å²) >= 11 is 6.21. The Balaban J connectivity index is 2.38. The third kappa shape index (κ3) is 1.64. The van der Waals surface area contributed by atoms with E-state index in [1.54, 1.807) is 4.90 Å². The molecule has 1 aromatic carbocycles. The van der Waals surface area contributed by atoms with Gasteiger partial charge in [-0.3, -0.25) is 4.79 Å². The number of likely N-dealkylation sites (N-methyl/N-ethyl adjacent to an activating group) is 1. The summed E-state index contributed by atoms with van der Waals surface area (Å²) in [5.74, 6) is 0.750. The summed E-state index contributed by atoms with van der Waals surface area (Å²) in [7, 11) is 0. The van der Waals surface area contributed by atoms with E-state index in [2.05, 4.69) is 9.97 Å². The zero-order valence-electron chi connectivity index (χ0n) is 12.0. The van der Waals surface area contributed by atoms with Gasteiger partial charge in [0, 0.05) is 11.9 Å². The first-order valence-electron chi connectivity index (χ1n) is 6.66. The minimum atomic E-state index is -0.534. The summed E-state index contributed by atoms with van der Waals surface area (Å²) in [6.07, 6.45) is 0. The number of carbonyl (C=O) groups is 1. The molecule has 3 rings (SSSR count). The van der Waals surface area contributed by atoms with Gasteiger partial charge in [0.25, 0.3) is 0 Å². The van der Waals surface area contributed by atoms with Crippen LogP contribution in [0.5, 0.6) is 0 Å². The van der Waals surface area contributed by atoms with Crippen LogP contribution in [-0.2, 0) is 10.2 Å². The molecular formula is C15H16ClN3O. The topological polar surface area (TPSA) is 46.1 Å². The Bertz CT molecular complexity index is 739. The molecule has 0 N–H and O–H groups in total. The summed E-state index contributed by atoms with van der Waals surface area (Å²) in [6.45, 7) is 8.33. The first kappa shape index (κ1) is 13.3. The number of aryl methyl sites for hydroxylation is 1. The second-order valence-corrected chi connectivity index (χ2v) is 5.98. The molecule has 20 heavy (non-hydrogen) atoms. The van der Waals surface area contributed by atoms with Gasteiger partial charge in [-0.2, -0.15) is 0 Å². The molecule has 0 radical (unpaired) electrons. The summed E-state index contributed by atoms with van der Waals surface area (Å²) in [4.78, 5) is 22.9. The highest BCUT2D eigenvalue weighted by Crippen LogP contribution is 2.43. The first-order valence-corrected chi connectivity index (χ1v) is 7.04. The van der Waals surface area contributed by atoms with Crippen LogP contribution in [0.1, 0.15) is 32.2 Å². The van der Waals surface area contributed by atoms with E-state index in [9.17, 15) is 4.79 Å². The number of carbonyl (C=O) groups excluding carboxylic acids is 1. The summed E-state index contributed by atoms with van der Waals surface area (Å²) in [6, 6.07) is 3.90. The van der Waals surface area contributed by atoms with Crippen molar-refractivity contribution in [3.63, 3.8) is 0 Å². The van der Waals surface area contributed by atoms with Crippen LogP contribution in [0.25, 0.3) is 10.9 Å². The summed E-state index contributed by atoms with van der Waals surface area (Å²) < 4.78 is 0. The monoisotopic (exact) mass is 289 g/mol. The predicted molar refractivity (Wildman–Crippen MR) is 80.3 cm³/mol. The van der Waals surface area contributed by atoms with Crippen molar-refractivity contribution >= 4 is 34.1 Å². The number of aromatic nitrogens is 2. The Morgan fingerprint density at radius 2 is 2.00 bits per heavy atom. The van der Waals surface area contributed by atoms with Crippen LogP contribution in [-0.4, -0.2) is 22.4 Å². The maximum absolute atomic E-state index is 12.5. The van der Waals surface area contributed by atoms with Crippen molar-refractivity contribution in [3.8, 4) is 0 Å². The van der Waals surface area contributed by atoms with Crippen LogP contribution >= 0.6 is 11.6 Å². The van der Waals surface area contributed by atoms with Gasteiger partial charge in [-0.25, -0.2) is 9.97 Å². The lowest BCUT2D eigenvalue weighted by Crippen LogP contribution is -2.35. The highest BCUT2D eigenvalue weighted by Gasteiger charge is 2.43. The number of benzene rings is 1. The molecular weight excluding hydrogens is 274 g/mol. The van der Waals surface area contributed by atoms with Crippen LogP contribution in [0.3, 0.4) is 0 Å². The Morgan fingerprint density at radius 3 is 2.65 bits per heavy atom. The van der Waals surface area contributed by atoms with E-state index < -0.39 is 5.41 Å². The third-order valence-corrected chi connectivity index (χ3v) is 4.23. The Kier molecular flexibility index (Phi) is 2.77. The lowest BCUT2D eigenvalue weighted by atomic mass is 9.85. The van der Waals surface area contributed by atoms with Gasteiger partial charge >= 0.3 is 0 Å². The molecule has 0 bridgehead atoms. The third-order valence-electron chi connectivity index (χ3n) is 3.94. The first-order chi connectivity index (χ1) is 9.36. The van der Waals surface area contributed by atoms with Gasteiger partial charge in [0.05, 0.1) is 16.6 Å². The van der Waals surface area contributed by atoms with Crippen molar-refractivity contribution in [2.75, 3.05) is 11.4 Å². The minimum Gasteiger partial charge on any atom is -0.312 e. The van der Waals surface area contributed by atoms with Gasteiger partial charge < -0.3 is 4.90 Å². The molecule has 1 amide bonds. The zero-order chi connectivity index (χ0) is 14.7. The molecule has 2 aromatic rings. The fraction of sp³-hybridized carbons (Fsp3) is 0.400. The van der Waals surface area contributed by atoms with Gasteiger partial charge in [-0.15, -0.1) is 0 Å². The van der Waals surface area contributed by atoms with Crippen LogP contribution in [0, 0.1) is 6.92 Å². The number of hydrogen-bond acceptors (Lipinski definition) is 3. The molecule has 2 heterocycles. The highest BCUT2D eigenvalue weighted by molar-refractivity contribution is 6.34. The summed E-state index contributed by atoms with van der Waals surface area (Å²) in [5.41, 5.74) is 2.17. The Labute approximate surface area is 122 Å². The van der Waals surface area contributed by atoms with E-state index in [4.69, 9.17) is 11.6 Å². The molecule has 0 unspecified atom stereocenters. The molecule has 0 saturated carbocycles. The molecule has 104 valence electrons. The number of fused-ring (bicyclic) bond motifs is 2. The van der Waals surface area contributed by atoms with Crippen LogP contribution in [0.4, 0.5) is 5.69 Å². The van der Waals surface area contributed by atoms with Crippen molar-refractivity contribution in [2.45, 2.75) is 33.1 Å². The minimum absolute atomic E-state index is 0.117. The van der Waals surface area contributed by atoms with Crippen LogP contribution < -0.4 is 4.90 Å². The van der Waals surface area contributed by atoms with E-state index in [0.717, 1.165) is 22.2 Å². The van der Waals surface area contributed by atoms with E-state index in [-0.39, 0.29) is 5.91 Å². The van der Waals surface area contributed by atoms with Gasteiger partial charge in [0.2, 0.25) is 5.91 Å². The van der Waals surface area contributed by atoms with E-state index in [0.29, 0.717) is 17.5 Å². The highest BCUT2D eigenvalue weighted by atomic mass is 35.5. The van der Waals surface area contributed by atoms with Crippen molar-refractivity contribution in [1.82, 2.24) is 9.97 Å². The SMILES string of the molecule is CCN1C(=O)C(C)(C)c2cc3c(Cl)nc(C)nc3cc21. The maximum Gasteiger partial charge on any atom is 0.237 e. The molecule has 1 aromatic heterocycles. The largest absolute Gasteiger partial charge is 0.312 e. The van der Waals surface area contributed by atoms with Gasteiger partial charge in [0.1, 0.15) is 11.0 Å². The van der Waals surface area contributed by atoms with Crippen molar-refractivity contribution in [1.29, 1.82) is 0 Å². The standard InChI is InChI=1S/C15H16ClN3O/c1-5-19-12-7-11-9(13(16)18-8(2)17-11)6-10(12)15(3,4)14(19)20/h6-7H,5H2,1-4H3. The van der Waals surface area contributed by atoms with E-state index in [1.165, 1.54) is 0 Å². The van der Waals surface area contributed by atoms with Crippen LogP contribution in [0.15, 0.2) is 12.1 Å². The number of halogens is 1. The van der Waals surface area contributed by atoms with Gasteiger partial charge in [0.15, 0.2) is 0 Å². The number of nitrogens with zero attached hydrogens (tertiary/aromatic N) is 3. The number of rotatable bonds is 1. The molecule has 0 fully saturated rings. The predicted octanol–water partition coefficient (Wildman–Crippen LogP) is 3.24. The average Bonchev–Trinajstić information content (AvgIpc) is 2.55. The second kappa shape index (κ2) is 4.16. The smallest absolute Gasteiger partial charge is 0.237 e. The number of amides is 1. The molecule has 5 heteroatoms. The molecule has 0 atom stereocenters. The Morgan fingerprint density at radius 1 is 1.30 bits per heavy atom. The Hall–Kier alpha value is -1.68. The van der Waals surface area contributed by atoms with Crippen LogP contribution in [0.2, 0.25) is 5.15 Å². The number of hydrogen-bond donors (Lipinski definition) is 0. The molecule has 0 spiro atoms. The lowest BCUT2D eigenvalue weighted by Gasteiger charge is -2.18. The van der Waals surface area contributed by atoms with Crippen molar-refractivity contribution < 1.29 is 4.79 Å². The molecule has 4 nitrogen and oxygen atoms in total. The quantitative estimate of drug-likeness (QED) is 0.757. The summed E-state index contributed by atoms with van der Waals surface area (Å²) in [5, 5.41) is 1.24. The van der Waals surface area contributed by atoms with Gasteiger partial charge in [-0.1, -0.05) is 11.6 Å². The lowest BCUT2D eigenvalue weighted by molar-refractivity contribution is -0.122. The molecule has 0 saturated heterocycles. The average molecular weight is 290 g/mol. The van der Waals surface area contributed by atoms with Gasteiger partial charge in [-0.05, 0) is 45.4 Å². The second-order valence-electron chi connectivity index (χ2n) is 5.62.